The van der Waals surface area contributed by atoms with Crippen LogP contribution in [-0.2, 0) is 0 Å². The van der Waals surface area contributed by atoms with Gasteiger partial charge < -0.3 is 10.2 Å². The van der Waals surface area contributed by atoms with Crippen molar-refractivity contribution in [2.24, 2.45) is 0 Å². The van der Waals surface area contributed by atoms with Gasteiger partial charge in [-0.05, 0) is 44.0 Å². The maximum Gasteiger partial charge on any atom is 0.256 e. The molecule has 1 aliphatic rings. The number of hydrogen-bond donors (Lipinski definition) is 2. The minimum Gasteiger partial charge on any atom is -0.339 e. The quantitative estimate of drug-likeness (QED) is 0.694. The van der Waals surface area contributed by atoms with Crippen LogP contribution in [0.15, 0.2) is 42.5 Å². The van der Waals surface area contributed by atoms with Gasteiger partial charge in [-0.3, -0.25) is 9.89 Å². The van der Waals surface area contributed by atoms with E-state index in [1.54, 1.807) is 4.90 Å². The zero-order chi connectivity index (χ0) is 20.4. The van der Waals surface area contributed by atoms with Gasteiger partial charge in [-0.2, -0.15) is 5.10 Å². The number of carbonyl (C=O) groups excluding carboxylic acids is 1. The van der Waals surface area contributed by atoms with Crippen LogP contribution in [0.1, 0.15) is 40.5 Å². The highest BCUT2D eigenvalue weighted by atomic mass is 19.2. The van der Waals surface area contributed by atoms with E-state index in [1.165, 1.54) is 12.1 Å². The van der Waals surface area contributed by atoms with E-state index in [4.69, 9.17) is 0 Å². The molecule has 8 heteroatoms. The summed E-state index contributed by atoms with van der Waals surface area (Å²) in [5.41, 5.74) is 1.67. The number of rotatable bonds is 4. The maximum atomic E-state index is 13.9. The Bertz CT molecular complexity index is 1030. The molecular formula is C21H21F2N5O. The third kappa shape index (κ3) is 4.11. The highest BCUT2D eigenvalue weighted by Gasteiger charge is 2.27. The monoisotopic (exact) mass is 397 g/mol. The lowest BCUT2D eigenvalue weighted by atomic mass is 9.92. The molecule has 2 aromatic heterocycles. The zero-order valence-corrected chi connectivity index (χ0v) is 16.0. The first-order valence-electron chi connectivity index (χ1n) is 9.50. The van der Waals surface area contributed by atoms with Crippen molar-refractivity contribution >= 4 is 17.5 Å². The van der Waals surface area contributed by atoms with Crippen molar-refractivity contribution in [2.75, 3.05) is 18.4 Å². The molecule has 0 atom stereocenters. The minimum absolute atomic E-state index is 0.194. The number of amides is 1. The van der Waals surface area contributed by atoms with E-state index in [9.17, 15) is 13.6 Å². The van der Waals surface area contributed by atoms with E-state index in [2.05, 4.69) is 20.5 Å². The summed E-state index contributed by atoms with van der Waals surface area (Å²) in [7, 11) is 0. The molecule has 0 spiro atoms. The number of likely N-dealkylation sites (tertiary alicyclic amines) is 1. The van der Waals surface area contributed by atoms with E-state index in [-0.39, 0.29) is 11.5 Å². The van der Waals surface area contributed by atoms with E-state index in [0.717, 1.165) is 17.5 Å². The number of H-pyrrole nitrogens is 1. The van der Waals surface area contributed by atoms with Gasteiger partial charge in [0.1, 0.15) is 5.82 Å². The number of anilines is 2. The second kappa shape index (κ2) is 7.98. The van der Waals surface area contributed by atoms with Crippen LogP contribution < -0.4 is 5.32 Å². The van der Waals surface area contributed by atoms with Crippen LogP contribution >= 0.6 is 0 Å². The number of pyridine rings is 1. The second-order valence-corrected chi connectivity index (χ2v) is 7.18. The molecular weight excluding hydrogens is 376 g/mol. The zero-order valence-electron chi connectivity index (χ0n) is 16.0. The topological polar surface area (TPSA) is 73.9 Å². The molecule has 1 aromatic carbocycles. The Hall–Kier alpha value is -3.29. The number of aromatic nitrogens is 3. The number of aryl methyl sites for hydroxylation is 1. The number of nitrogens with one attached hydrogen (secondary N) is 2. The van der Waals surface area contributed by atoms with Gasteiger partial charge in [0, 0.05) is 36.5 Å². The van der Waals surface area contributed by atoms with Crippen molar-refractivity contribution in [2.45, 2.75) is 25.7 Å². The fourth-order valence-electron chi connectivity index (χ4n) is 3.58. The molecule has 1 saturated heterocycles. The second-order valence-electron chi connectivity index (χ2n) is 7.18. The number of carbonyl (C=O) groups is 1. The number of aromatic amines is 1. The van der Waals surface area contributed by atoms with Crippen molar-refractivity contribution in [1.29, 1.82) is 0 Å². The van der Waals surface area contributed by atoms with Crippen molar-refractivity contribution in [3.8, 4) is 0 Å². The van der Waals surface area contributed by atoms with Gasteiger partial charge in [-0.15, -0.1) is 0 Å². The summed E-state index contributed by atoms with van der Waals surface area (Å²) in [5.74, 6) is -0.976. The van der Waals surface area contributed by atoms with E-state index < -0.39 is 17.5 Å². The Morgan fingerprint density at radius 3 is 2.62 bits per heavy atom. The van der Waals surface area contributed by atoms with Crippen molar-refractivity contribution < 1.29 is 13.6 Å². The summed E-state index contributed by atoms with van der Waals surface area (Å²) in [5, 5.41) is 10.2. The molecule has 1 fully saturated rings. The molecule has 0 radical (unpaired) electrons. The SMILES string of the molecule is Cc1cc(Nc2cccc(C3CCN(C(=O)c4cccc(F)c4F)CC3)n2)n[nH]1. The van der Waals surface area contributed by atoms with Crippen molar-refractivity contribution in [3.63, 3.8) is 0 Å². The van der Waals surface area contributed by atoms with Gasteiger partial charge in [0.15, 0.2) is 17.5 Å². The summed E-state index contributed by atoms with van der Waals surface area (Å²) in [6.07, 6.45) is 1.42. The number of nitrogens with zero attached hydrogens (tertiary/aromatic N) is 3. The van der Waals surface area contributed by atoms with Gasteiger partial charge in [0.2, 0.25) is 0 Å². The number of hydrogen-bond acceptors (Lipinski definition) is 4. The molecule has 0 unspecified atom stereocenters. The van der Waals surface area contributed by atoms with Crippen molar-refractivity contribution in [3.05, 3.63) is 71.1 Å². The van der Waals surface area contributed by atoms with Crippen molar-refractivity contribution in [1.82, 2.24) is 20.1 Å². The molecule has 3 heterocycles. The van der Waals surface area contributed by atoms with Gasteiger partial charge in [0.05, 0.1) is 5.56 Å². The summed E-state index contributed by atoms with van der Waals surface area (Å²) < 4.78 is 27.3. The molecule has 1 amide bonds. The molecule has 150 valence electrons. The van der Waals surface area contributed by atoms with Gasteiger partial charge in [-0.1, -0.05) is 12.1 Å². The summed E-state index contributed by atoms with van der Waals surface area (Å²) in [6.45, 7) is 2.86. The maximum absolute atomic E-state index is 13.9. The number of halogens is 2. The molecule has 3 aromatic rings. The number of benzene rings is 1. The molecule has 29 heavy (non-hydrogen) atoms. The Morgan fingerprint density at radius 2 is 1.90 bits per heavy atom. The normalized spacial score (nSPS) is 14.8. The molecule has 0 aliphatic carbocycles. The minimum atomic E-state index is -1.09. The smallest absolute Gasteiger partial charge is 0.256 e. The fraction of sp³-hybridized carbons (Fsp3) is 0.286. The molecule has 4 rings (SSSR count). The summed E-state index contributed by atoms with van der Waals surface area (Å²) in [6, 6.07) is 11.3. The molecule has 1 aliphatic heterocycles. The Kier molecular flexibility index (Phi) is 5.24. The predicted octanol–water partition coefficient (Wildman–Crippen LogP) is 4.15. The first-order chi connectivity index (χ1) is 14.0. The third-order valence-corrected chi connectivity index (χ3v) is 5.12. The highest BCUT2D eigenvalue weighted by Crippen LogP contribution is 2.29. The summed E-state index contributed by atoms with van der Waals surface area (Å²) >= 11 is 0. The lowest BCUT2D eigenvalue weighted by Crippen LogP contribution is -2.38. The van der Waals surface area contributed by atoms with E-state index in [0.29, 0.717) is 37.6 Å². The lowest BCUT2D eigenvalue weighted by molar-refractivity contribution is 0.0706. The van der Waals surface area contributed by atoms with Crippen LogP contribution in [0, 0.1) is 18.6 Å². The first-order valence-corrected chi connectivity index (χ1v) is 9.50. The Morgan fingerprint density at radius 1 is 1.14 bits per heavy atom. The lowest BCUT2D eigenvalue weighted by Gasteiger charge is -2.32. The Labute approximate surface area is 167 Å². The van der Waals surface area contributed by atoms with E-state index >= 15 is 0 Å². The van der Waals surface area contributed by atoms with Crippen LogP contribution in [0.3, 0.4) is 0 Å². The van der Waals surface area contributed by atoms with Crippen LogP contribution in [0.2, 0.25) is 0 Å². The van der Waals surface area contributed by atoms with Crippen LogP contribution in [0.25, 0.3) is 0 Å². The average molecular weight is 397 g/mol. The molecule has 0 bridgehead atoms. The molecule has 6 nitrogen and oxygen atoms in total. The number of piperidine rings is 1. The Balaban J connectivity index is 1.41. The highest BCUT2D eigenvalue weighted by molar-refractivity contribution is 5.94. The predicted molar refractivity (Wildman–Crippen MR) is 105 cm³/mol. The third-order valence-electron chi connectivity index (χ3n) is 5.12. The van der Waals surface area contributed by atoms with Crippen LogP contribution in [0.5, 0.6) is 0 Å². The standard InChI is InChI=1S/C21H21F2N5O/c1-13-12-19(27-26-13)25-18-7-3-6-17(24-18)14-8-10-28(11-9-14)21(29)15-4-2-5-16(22)20(15)23/h2-7,12,14H,8-11H2,1H3,(H2,24,25,26,27). The average Bonchev–Trinajstić information content (AvgIpc) is 3.14. The van der Waals surface area contributed by atoms with Gasteiger partial charge >= 0.3 is 0 Å². The molecule has 2 N–H and O–H groups in total. The summed E-state index contributed by atoms with van der Waals surface area (Å²) in [4.78, 5) is 18.8. The fourth-order valence-corrected chi connectivity index (χ4v) is 3.58. The van der Waals surface area contributed by atoms with Gasteiger partial charge in [-0.25, -0.2) is 13.8 Å². The largest absolute Gasteiger partial charge is 0.339 e. The van der Waals surface area contributed by atoms with Gasteiger partial charge in [0.25, 0.3) is 5.91 Å². The van der Waals surface area contributed by atoms with Crippen LogP contribution in [0.4, 0.5) is 20.4 Å². The van der Waals surface area contributed by atoms with E-state index in [1.807, 2.05) is 31.2 Å². The first kappa shape index (κ1) is 19.0. The molecule has 0 saturated carbocycles. The van der Waals surface area contributed by atoms with Crippen LogP contribution in [-0.4, -0.2) is 39.1 Å².